The van der Waals surface area contributed by atoms with Crippen LogP contribution < -0.4 is 5.32 Å². The Kier molecular flexibility index (Phi) is 5.20. The number of carbonyl (C=O) groups is 2. The summed E-state index contributed by atoms with van der Waals surface area (Å²) in [7, 11) is -4.01. The maximum atomic E-state index is 12.8. The van der Waals surface area contributed by atoms with Crippen LogP contribution in [0.25, 0.3) is 0 Å². The van der Waals surface area contributed by atoms with Crippen molar-refractivity contribution in [3.8, 4) is 0 Å². The van der Waals surface area contributed by atoms with Gasteiger partial charge in [-0.25, -0.2) is 17.7 Å². The number of aromatic nitrogens is 2. The van der Waals surface area contributed by atoms with Crippen molar-refractivity contribution in [3.63, 3.8) is 0 Å². The van der Waals surface area contributed by atoms with E-state index in [1.165, 1.54) is 18.3 Å². The number of halogens is 2. The van der Waals surface area contributed by atoms with Crippen LogP contribution in [0.2, 0.25) is 0 Å². The highest BCUT2D eigenvalue weighted by molar-refractivity contribution is 7.90. The van der Waals surface area contributed by atoms with Crippen molar-refractivity contribution in [1.29, 1.82) is 0 Å². The second-order valence-corrected chi connectivity index (χ2v) is 8.23. The van der Waals surface area contributed by atoms with Gasteiger partial charge < -0.3 is 5.32 Å². The topological polar surface area (TPSA) is 101 Å². The number of benzene rings is 1. The minimum atomic E-state index is -4.01. The molecule has 0 saturated carbocycles. The van der Waals surface area contributed by atoms with Crippen LogP contribution in [0, 0.1) is 0 Å². The lowest BCUT2D eigenvalue weighted by Gasteiger charge is -2.18. The molecule has 2 aromatic rings. The molecule has 0 fully saturated rings. The Morgan fingerprint density at radius 1 is 1.29 bits per heavy atom. The first-order chi connectivity index (χ1) is 13.1. The summed E-state index contributed by atoms with van der Waals surface area (Å²) in [6.07, 6.45) is 2.46. The molecule has 0 saturated heterocycles. The summed E-state index contributed by atoms with van der Waals surface area (Å²) < 4.78 is 52.2. The number of hydrogen-bond donors (Lipinski definition) is 1. The molecule has 150 valence electrons. The summed E-state index contributed by atoms with van der Waals surface area (Å²) in [6, 6.07) is 3.25. The Balaban J connectivity index is 1.74. The van der Waals surface area contributed by atoms with Gasteiger partial charge in [0, 0.05) is 37.0 Å². The van der Waals surface area contributed by atoms with Crippen molar-refractivity contribution in [2.24, 2.45) is 0 Å². The van der Waals surface area contributed by atoms with Crippen molar-refractivity contribution in [2.45, 2.75) is 37.8 Å². The van der Waals surface area contributed by atoms with E-state index >= 15 is 0 Å². The second-order valence-electron chi connectivity index (χ2n) is 6.45. The fourth-order valence-corrected chi connectivity index (χ4v) is 4.80. The van der Waals surface area contributed by atoms with Gasteiger partial charge in [-0.2, -0.15) is 8.78 Å². The molecule has 8 nitrogen and oxygen atoms in total. The lowest BCUT2D eigenvalue weighted by Crippen LogP contribution is -2.36. The van der Waals surface area contributed by atoms with E-state index in [9.17, 15) is 26.8 Å². The smallest absolute Gasteiger partial charge is 0.319 e. The molecule has 1 aliphatic rings. The number of fused-ring (bicyclic) bond motifs is 1. The molecule has 1 aromatic heterocycles. The molecule has 2 amide bonds. The molecule has 0 spiro atoms. The largest absolute Gasteiger partial charge is 0.352 e. The fraction of sp³-hybridized carbons (Fsp3) is 0.353. The monoisotopic (exact) mass is 412 g/mol. The first-order valence-electron chi connectivity index (χ1n) is 8.45. The first-order valence-corrected chi connectivity index (χ1v) is 9.89. The molecule has 1 aromatic carbocycles. The van der Waals surface area contributed by atoms with E-state index in [1.54, 1.807) is 13.8 Å². The number of nitrogens with zero attached hydrogens (tertiary/aromatic N) is 3. The number of alkyl halides is 2. The SMILES string of the molecule is CC(C)N1C(=O)c2ccc(C(=O)NCCc3nccn3C(F)F)cc2S1(=O)=O. The molecule has 28 heavy (non-hydrogen) atoms. The van der Waals surface area contributed by atoms with Crippen LogP contribution in [0.5, 0.6) is 0 Å². The third kappa shape index (κ3) is 3.37. The Morgan fingerprint density at radius 2 is 2.00 bits per heavy atom. The maximum Gasteiger partial charge on any atom is 0.319 e. The summed E-state index contributed by atoms with van der Waals surface area (Å²) in [5, 5.41) is 2.54. The molecule has 1 aliphatic heterocycles. The average molecular weight is 412 g/mol. The van der Waals surface area contributed by atoms with Gasteiger partial charge in [0.2, 0.25) is 0 Å². The Labute approximate surface area is 160 Å². The third-order valence-electron chi connectivity index (χ3n) is 4.27. The van der Waals surface area contributed by atoms with Crippen molar-refractivity contribution in [1.82, 2.24) is 19.2 Å². The van der Waals surface area contributed by atoms with Crippen molar-refractivity contribution in [2.75, 3.05) is 6.54 Å². The molecule has 0 bridgehead atoms. The third-order valence-corrected chi connectivity index (χ3v) is 6.27. The van der Waals surface area contributed by atoms with Crippen LogP contribution in [-0.2, 0) is 16.4 Å². The van der Waals surface area contributed by atoms with Crippen molar-refractivity contribution in [3.05, 3.63) is 47.5 Å². The van der Waals surface area contributed by atoms with E-state index in [2.05, 4.69) is 10.3 Å². The van der Waals surface area contributed by atoms with Crippen LogP contribution in [0.15, 0.2) is 35.5 Å². The molecule has 11 heteroatoms. The van der Waals surface area contributed by atoms with E-state index < -0.39 is 34.4 Å². The van der Waals surface area contributed by atoms with E-state index in [0.29, 0.717) is 4.57 Å². The van der Waals surface area contributed by atoms with Gasteiger partial charge in [0.15, 0.2) is 0 Å². The Bertz CT molecular complexity index is 1030. The minimum Gasteiger partial charge on any atom is -0.352 e. The summed E-state index contributed by atoms with van der Waals surface area (Å²) >= 11 is 0. The van der Waals surface area contributed by atoms with E-state index in [0.717, 1.165) is 16.6 Å². The maximum absolute atomic E-state index is 12.8. The zero-order valence-corrected chi connectivity index (χ0v) is 15.9. The van der Waals surface area contributed by atoms with Gasteiger partial charge in [0.1, 0.15) is 10.7 Å². The van der Waals surface area contributed by atoms with Crippen molar-refractivity contribution < 1.29 is 26.8 Å². The Morgan fingerprint density at radius 3 is 2.64 bits per heavy atom. The van der Waals surface area contributed by atoms with Crippen LogP contribution in [0.1, 0.15) is 46.9 Å². The van der Waals surface area contributed by atoms with Gasteiger partial charge in [-0.05, 0) is 32.0 Å². The van der Waals surface area contributed by atoms with Crippen molar-refractivity contribution >= 4 is 21.8 Å². The molecular formula is C17H18F2N4O4S. The molecule has 3 rings (SSSR count). The van der Waals surface area contributed by atoms with Crippen LogP contribution in [0.3, 0.4) is 0 Å². The van der Waals surface area contributed by atoms with Gasteiger partial charge in [-0.1, -0.05) is 0 Å². The number of rotatable bonds is 6. The fourth-order valence-electron chi connectivity index (χ4n) is 3.00. The van der Waals surface area contributed by atoms with Crippen LogP contribution in [0.4, 0.5) is 8.78 Å². The number of hydrogen-bond acceptors (Lipinski definition) is 5. The number of imidazole rings is 1. The lowest BCUT2D eigenvalue weighted by atomic mass is 10.1. The molecule has 0 atom stereocenters. The minimum absolute atomic E-state index is 0.0178. The van der Waals surface area contributed by atoms with Gasteiger partial charge >= 0.3 is 6.55 Å². The predicted octanol–water partition coefficient (Wildman–Crippen LogP) is 1.80. The number of carbonyl (C=O) groups excluding carboxylic acids is 2. The summed E-state index contributed by atoms with van der Waals surface area (Å²) in [6.45, 7) is 0.469. The molecule has 1 N–H and O–H groups in total. The second kappa shape index (κ2) is 7.30. The van der Waals surface area contributed by atoms with E-state index in [1.807, 2.05) is 0 Å². The average Bonchev–Trinajstić information content (AvgIpc) is 3.16. The highest BCUT2D eigenvalue weighted by atomic mass is 32.2. The highest BCUT2D eigenvalue weighted by Gasteiger charge is 2.42. The zero-order valence-electron chi connectivity index (χ0n) is 15.1. The zero-order chi connectivity index (χ0) is 20.6. The number of nitrogens with one attached hydrogen (secondary N) is 1. The normalized spacial score (nSPS) is 15.4. The van der Waals surface area contributed by atoms with Gasteiger partial charge in [0.25, 0.3) is 21.8 Å². The van der Waals surface area contributed by atoms with Gasteiger partial charge in [-0.15, -0.1) is 0 Å². The standard InChI is InChI=1S/C17H18F2N4O4S/c1-10(2)23-16(25)12-4-3-11(9-13(12)28(23,26)27)15(24)21-6-5-14-20-7-8-22(14)17(18)19/h3-4,7-10,17H,5-6H2,1-2H3,(H,21,24). The first kappa shape index (κ1) is 19.9. The number of sulfonamides is 1. The molecule has 0 radical (unpaired) electrons. The summed E-state index contributed by atoms with van der Waals surface area (Å²) in [5.74, 6) is -1.09. The number of amides is 2. The van der Waals surface area contributed by atoms with E-state index in [-0.39, 0.29) is 34.8 Å². The predicted molar refractivity (Wildman–Crippen MR) is 94.5 cm³/mol. The summed E-state index contributed by atoms with van der Waals surface area (Å²) in [4.78, 5) is 28.2. The van der Waals surface area contributed by atoms with E-state index in [4.69, 9.17) is 0 Å². The summed E-state index contributed by atoms with van der Waals surface area (Å²) in [5.41, 5.74) is 0.0714. The molecule has 2 heterocycles. The quantitative estimate of drug-likeness (QED) is 0.780. The molecular weight excluding hydrogens is 394 g/mol. The van der Waals surface area contributed by atoms with Crippen LogP contribution >= 0.6 is 0 Å². The van der Waals surface area contributed by atoms with Gasteiger partial charge in [-0.3, -0.25) is 14.2 Å². The van der Waals surface area contributed by atoms with Gasteiger partial charge in [0.05, 0.1) is 5.56 Å². The Hall–Kier alpha value is -2.82. The molecule has 0 unspecified atom stereocenters. The lowest BCUT2D eigenvalue weighted by molar-refractivity contribution is 0.0670. The van der Waals surface area contributed by atoms with Crippen LogP contribution in [-0.4, -0.2) is 46.7 Å². The highest BCUT2D eigenvalue weighted by Crippen LogP contribution is 2.32. The molecule has 0 aliphatic carbocycles.